The summed E-state index contributed by atoms with van der Waals surface area (Å²) in [6.45, 7) is 4.14. The van der Waals surface area contributed by atoms with Gasteiger partial charge in [-0.2, -0.15) is 0 Å². The van der Waals surface area contributed by atoms with Crippen LogP contribution in [0.3, 0.4) is 0 Å². The summed E-state index contributed by atoms with van der Waals surface area (Å²) in [6.07, 6.45) is 3.48. The number of hydrogen-bond acceptors (Lipinski definition) is 4. The SMILES string of the molecule is CCN(CC(=O)O)C1CC(NC(=O)Nc2ccccc2C(=O)N2CCCC2)C1. The molecule has 28 heavy (non-hydrogen) atoms. The van der Waals surface area contributed by atoms with Crippen molar-refractivity contribution < 1.29 is 19.5 Å². The van der Waals surface area contributed by atoms with Gasteiger partial charge in [0.2, 0.25) is 0 Å². The second-order valence-corrected chi connectivity index (χ2v) is 7.42. The van der Waals surface area contributed by atoms with Gasteiger partial charge < -0.3 is 20.6 Å². The minimum atomic E-state index is -0.838. The number of carbonyl (C=O) groups is 3. The van der Waals surface area contributed by atoms with Gasteiger partial charge in [-0.25, -0.2) is 4.79 Å². The zero-order valence-electron chi connectivity index (χ0n) is 16.2. The van der Waals surface area contributed by atoms with Crippen molar-refractivity contribution in [3.8, 4) is 0 Å². The van der Waals surface area contributed by atoms with Crippen LogP contribution in [-0.4, -0.2) is 71.1 Å². The molecule has 3 amide bonds. The van der Waals surface area contributed by atoms with Crippen molar-refractivity contribution in [3.63, 3.8) is 0 Å². The summed E-state index contributed by atoms with van der Waals surface area (Å²) >= 11 is 0. The lowest BCUT2D eigenvalue weighted by Gasteiger charge is -2.42. The van der Waals surface area contributed by atoms with E-state index in [1.165, 1.54) is 0 Å². The highest BCUT2D eigenvalue weighted by Crippen LogP contribution is 2.26. The summed E-state index contributed by atoms with van der Waals surface area (Å²) in [4.78, 5) is 39.7. The number of urea groups is 1. The van der Waals surface area contributed by atoms with Gasteiger partial charge in [0.25, 0.3) is 5.91 Å². The third-order valence-corrected chi connectivity index (χ3v) is 5.51. The van der Waals surface area contributed by atoms with E-state index in [-0.39, 0.29) is 30.6 Å². The van der Waals surface area contributed by atoms with E-state index in [4.69, 9.17) is 5.11 Å². The Balaban J connectivity index is 1.52. The summed E-state index contributed by atoms with van der Waals surface area (Å²) < 4.78 is 0. The fourth-order valence-corrected chi connectivity index (χ4v) is 3.89. The predicted molar refractivity (Wildman–Crippen MR) is 105 cm³/mol. The molecule has 0 unspecified atom stereocenters. The average Bonchev–Trinajstić information content (AvgIpc) is 3.17. The summed E-state index contributed by atoms with van der Waals surface area (Å²) in [5.74, 6) is -0.889. The van der Waals surface area contributed by atoms with Crippen LogP contribution in [0.4, 0.5) is 10.5 Å². The normalized spacial score (nSPS) is 21.3. The maximum atomic E-state index is 12.7. The fraction of sp³-hybridized carbons (Fsp3) is 0.550. The van der Waals surface area contributed by atoms with Gasteiger partial charge in [-0.3, -0.25) is 14.5 Å². The number of carbonyl (C=O) groups excluding carboxylic acids is 2. The molecule has 0 aromatic heterocycles. The molecule has 8 heteroatoms. The van der Waals surface area contributed by atoms with E-state index < -0.39 is 5.97 Å². The van der Waals surface area contributed by atoms with E-state index in [0.29, 0.717) is 17.8 Å². The monoisotopic (exact) mass is 388 g/mol. The summed E-state index contributed by atoms with van der Waals surface area (Å²) in [7, 11) is 0. The molecule has 1 aromatic rings. The van der Waals surface area contributed by atoms with Crippen LogP contribution in [-0.2, 0) is 4.79 Å². The van der Waals surface area contributed by atoms with Crippen LogP contribution in [0.2, 0.25) is 0 Å². The van der Waals surface area contributed by atoms with Gasteiger partial charge in [0, 0.05) is 25.2 Å². The van der Waals surface area contributed by atoms with E-state index in [1.54, 1.807) is 24.3 Å². The van der Waals surface area contributed by atoms with Gasteiger partial charge in [-0.1, -0.05) is 19.1 Å². The lowest BCUT2D eigenvalue weighted by Crippen LogP contribution is -2.55. The Bertz CT molecular complexity index is 727. The zero-order valence-corrected chi connectivity index (χ0v) is 16.2. The predicted octanol–water partition coefficient (Wildman–Crippen LogP) is 1.98. The zero-order chi connectivity index (χ0) is 20.1. The highest BCUT2D eigenvalue weighted by molar-refractivity contribution is 6.03. The number of nitrogens with one attached hydrogen (secondary N) is 2. The first kappa shape index (κ1) is 20.1. The Morgan fingerprint density at radius 3 is 2.50 bits per heavy atom. The molecular weight excluding hydrogens is 360 g/mol. The van der Waals surface area contributed by atoms with Gasteiger partial charge in [-0.15, -0.1) is 0 Å². The van der Waals surface area contributed by atoms with Crippen molar-refractivity contribution in [3.05, 3.63) is 29.8 Å². The summed E-state index contributed by atoms with van der Waals surface area (Å²) in [6, 6.07) is 6.90. The number of carboxylic acid groups (broad SMARTS) is 1. The fourth-order valence-electron chi connectivity index (χ4n) is 3.89. The maximum Gasteiger partial charge on any atom is 0.319 e. The first-order valence-electron chi connectivity index (χ1n) is 9.89. The van der Waals surface area contributed by atoms with Crippen LogP contribution in [0.1, 0.15) is 43.0 Å². The quantitative estimate of drug-likeness (QED) is 0.663. The largest absolute Gasteiger partial charge is 0.480 e. The second kappa shape index (κ2) is 9.05. The number of anilines is 1. The lowest BCUT2D eigenvalue weighted by molar-refractivity contribution is -0.139. The number of benzene rings is 1. The topological polar surface area (TPSA) is 102 Å². The standard InChI is InChI=1S/C20H28N4O4/c1-2-23(13-18(25)26)15-11-14(12-15)21-20(28)22-17-8-4-3-7-16(17)19(27)24-9-5-6-10-24/h3-4,7-8,14-15H,2,5-6,9-13H2,1H3,(H,25,26)(H2,21,22,28). The Morgan fingerprint density at radius 1 is 1.18 bits per heavy atom. The number of rotatable bonds is 7. The Hall–Kier alpha value is -2.61. The van der Waals surface area contributed by atoms with Crippen molar-refractivity contribution in [1.29, 1.82) is 0 Å². The second-order valence-electron chi connectivity index (χ2n) is 7.42. The minimum absolute atomic E-state index is 0.00860. The molecule has 1 saturated carbocycles. The molecule has 0 spiro atoms. The first-order valence-corrected chi connectivity index (χ1v) is 9.89. The molecule has 152 valence electrons. The van der Waals surface area contributed by atoms with Gasteiger partial charge >= 0.3 is 12.0 Å². The van der Waals surface area contributed by atoms with E-state index in [1.807, 2.05) is 16.7 Å². The molecule has 8 nitrogen and oxygen atoms in total. The number of carboxylic acids is 1. The molecule has 1 aliphatic heterocycles. The van der Waals surface area contributed by atoms with Crippen LogP contribution in [0.25, 0.3) is 0 Å². The van der Waals surface area contributed by atoms with Crippen LogP contribution >= 0.6 is 0 Å². The van der Waals surface area contributed by atoms with Crippen molar-refractivity contribution in [2.24, 2.45) is 0 Å². The molecule has 2 fully saturated rings. The number of likely N-dealkylation sites (N-methyl/N-ethyl adjacent to an activating group) is 1. The molecule has 0 bridgehead atoms. The number of para-hydroxylation sites is 1. The third-order valence-electron chi connectivity index (χ3n) is 5.51. The molecule has 0 radical (unpaired) electrons. The summed E-state index contributed by atoms with van der Waals surface area (Å²) in [5, 5.41) is 14.7. The lowest BCUT2D eigenvalue weighted by atomic mass is 9.85. The molecule has 3 rings (SSSR count). The smallest absolute Gasteiger partial charge is 0.319 e. The van der Waals surface area contributed by atoms with Crippen molar-refractivity contribution in [1.82, 2.24) is 15.1 Å². The number of amides is 3. The molecule has 2 aliphatic rings. The molecule has 1 aliphatic carbocycles. The number of likely N-dealkylation sites (tertiary alicyclic amines) is 1. The molecular formula is C20H28N4O4. The van der Waals surface area contributed by atoms with Crippen LogP contribution in [0.15, 0.2) is 24.3 Å². The third kappa shape index (κ3) is 4.81. The Kier molecular flexibility index (Phi) is 6.51. The van der Waals surface area contributed by atoms with E-state index in [0.717, 1.165) is 38.8 Å². The maximum absolute atomic E-state index is 12.7. The molecule has 0 atom stereocenters. The van der Waals surface area contributed by atoms with Crippen LogP contribution < -0.4 is 10.6 Å². The first-order chi connectivity index (χ1) is 13.5. The average molecular weight is 388 g/mol. The molecule has 1 saturated heterocycles. The van der Waals surface area contributed by atoms with Gasteiger partial charge in [0.05, 0.1) is 17.8 Å². The van der Waals surface area contributed by atoms with Crippen molar-refractivity contribution >= 4 is 23.6 Å². The minimum Gasteiger partial charge on any atom is -0.480 e. The number of aliphatic carboxylic acids is 1. The van der Waals surface area contributed by atoms with Gasteiger partial charge in [-0.05, 0) is 44.4 Å². The van der Waals surface area contributed by atoms with E-state index in [2.05, 4.69) is 10.6 Å². The number of hydrogen-bond donors (Lipinski definition) is 3. The van der Waals surface area contributed by atoms with Crippen molar-refractivity contribution in [2.45, 2.75) is 44.7 Å². The van der Waals surface area contributed by atoms with Gasteiger partial charge in [0.15, 0.2) is 0 Å². The van der Waals surface area contributed by atoms with E-state index in [9.17, 15) is 14.4 Å². The van der Waals surface area contributed by atoms with Gasteiger partial charge in [0.1, 0.15) is 0 Å². The Labute approximate surface area is 164 Å². The molecule has 3 N–H and O–H groups in total. The van der Waals surface area contributed by atoms with Crippen LogP contribution in [0, 0.1) is 0 Å². The highest BCUT2D eigenvalue weighted by Gasteiger charge is 2.34. The Morgan fingerprint density at radius 2 is 1.86 bits per heavy atom. The van der Waals surface area contributed by atoms with Crippen molar-refractivity contribution in [2.75, 3.05) is 31.5 Å². The molecule has 1 heterocycles. The summed E-state index contributed by atoms with van der Waals surface area (Å²) in [5.41, 5.74) is 1.01. The van der Waals surface area contributed by atoms with E-state index >= 15 is 0 Å². The highest BCUT2D eigenvalue weighted by atomic mass is 16.4. The van der Waals surface area contributed by atoms with Crippen LogP contribution in [0.5, 0.6) is 0 Å². The number of nitrogens with zero attached hydrogens (tertiary/aromatic N) is 2. The molecule has 1 aromatic carbocycles.